The van der Waals surface area contributed by atoms with Crippen LogP contribution in [0, 0.1) is 0 Å². The molecule has 0 radical (unpaired) electrons. The second-order valence-corrected chi connectivity index (χ2v) is 7.19. The van der Waals surface area contributed by atoms with Gasteiger partial charge < -0.3 is 14.4 Å². The minimum atomic E-state index is -0.0889. The molecule has 0 unspecified atom stereocenters. The van der Waals surface area contributed by atoms with E-state index in [0.29, 0.717) is 28.7 Å². The van der Waals surface area contributed by atoms with Crippen LogP contribution in [0.2, 0.25) is 0 Å². The van der Waals surface area contributed by atoms with Gasteiger partial charge in [-0.25, -0.2) is 4.98 Å². The lowest BCUT2D eigenvalue weighted by atomic mass is 10.1. The first-order valence-corrected chi connectivity index (χ1v) is 9.60. The van der Waals surface area contributed by atoms with Gasteiger partial charge in [0.1, 0.15) is 11.5 Å². The highest BCUT2D eigenvalue weighted by molar-refractivity contribution is 7.12. The molecule has 0 N–H and O–H groups in total. The van der Waals surface area contributed by atoms with E-state index in [4.69, 9.17) is 9.47 Å². The number of ether oxygens (including phenoxy) is 2. The minimum absolute atomic E-state index is 0.0889. The van der Waals surface area contributed by atoms with E-state index in [9.17, 15) is 4.79 Å². The van der Waals surface area contributed by atoms with Crippen LogP contribution >= 0.6 is 11.3 Å². The summed E-state index contributed by atoms with van der Waals surface area (Å²) >= 11 is 1.40. The van der Waals surface area contributed by atoms with Gasteiger partial charge in [0.05, 0.1) is 17.0 Å². The topological polar surface area (TPSA) is 51.7 Å². The predicted molar refractivity (Wildman–Crippen MR) is 107 cm³/mol. The van der Waals surface area contributed by atoms with Gasteiger partial charge in [-0.05, 0) is 68.4 Å². The number of carbonyl (C=O) groups is 1. The molecule has 6 heteroatoms. The maximum Gasteiger partial charge on any atom is 0.230 e. The molecule has 0 spiro atoms. The first-order chi connectivity index (χ1) is 13.1. The Labute approximate surface area is 163 Å². The van der Waals surface area contributed by atoms with Crippen LogP contribution in [0.15, 0.2) is 60.1 Å². The molecule has 140 valence electrons. The van der Waals surface area contributed by atoms with E-state index in [-0.39, 0.29) is 5.78 Å². The molecular weight excluding hydrogens is 360 g/mol. The highest BCUT2D eigenvalue weighted by Gasteiger charge is 2.17. The van der Waals surface area contributed by atoms with Gasteiger partial charge in [-0.15, -0.1) is 11.3 Å². The Morgan fingerprint density at radius 1 is 1.07 bits per heavy atom. The third-order valence-electron chi connectivity index (χ3n) is 3.82. The fourth-order valence-corrected chi connectivity index (χ4v) is 3.15. The maximum atomic E-state index is 12.6. The molecule has 0 saturated heterocycles. The van der Waals surface area contributed by atoms with Gasteiger partial charge in [-0.1, -0.05) is 6.07 Å². The number of ketones is 1. The Hall–Kier alpha value is -2.70. The zero-order chi connectivity index (χ0) is 19.1. The maximum absolute atomic E-state index is 12.6. The number of hydrogen-bond acceptors (Lipinski definition) is 6. The molecule has 2 heterocycles. The molecule has 0 aliphatic heterocycles. The Morgan fingerprint density at radius 3 is 2.56 bits per heavy atom. The average Bonchev–Trinajstić information content (AvgIpc) is 3.21. The fourth-order valence-electron chi connectivity index (χ4n) is 2.47. The van der Waals surface area contributed by atoms with Crippen molar-refractivity contribution < 1.29 is 14.3 Å². The molecule has 1 aromatic carbocycles. The summed E-state index contributed by atoms with van der Waals surface area (Å²) in [5, 5.41) is 1.88. The number of carbonyl (C=O) groups excluding carboxylic acids is 1. The smallest absolute Gasteiger partial charge is 0.230 e. The number of hydrogen-bond donors (Lipinski definition) is 0. The zero-order valence-corrected chi connectivity index (χ0v) is 16.2. The summed E-state index contributed by atoms with van der Waals surface area (Å²) in [5.41, 5.74) is 0.448. The molecule has 0 fully saturated rings. The van der Waals surface area contributed by atoms with Crippen molar-refractivity contribution in [3.05, 3.63) is 70.5 Å². The molecule has 3 aromatic rings. The second kappa shape index (κ2) is 9.30. The van der Waals surface area contributed by atoms with Crippen LogP contribution in [0.5, 0.6) is 17.4 Å². The van der Waals surface area contributed by atoms with E-state index in [0.717, 1.165) is 18.7 Å². The first kappa shape index (κ1) is 19.1. The van der Waals surface area contributed by atoms with Crippen molar-refractivity contribution >= 4 is 17.1 Å². The van der Waals surface area contributed by atoms with Gasteiger partial charge >= 0.3 is 0 Å². The lowest BCUT2D eigenvalue weighted by Gasteiger charge is -2.11. The van der Waals surface area contributed by atoms with Crippen LogP contribution in [0.25, 0.3) is 0 Å². The lowest BCUT2D eigenvalue weighted by Crippen LogP contribution is -2.15. The van der Waals surface area contributed by atoms with Crippen molar-refractivity contribution in [2.75, 3.05) is 27.2 Å². The molecule has 0 aliphatic rings. The molecular formula is C21H22N2O3S. The summed E-state index contributed by atoms with van der Waals surface area (Å²) in [6.45, 7) is 1.65. The molecule has 0 amide bonds. The highest BCUT2D eigenvalue weighted by atomic mass is 32.1. The van der Waals surface area contributed by atoms with Crippen LogP contribution in [0.4, 0.5) is 0 Å². The predicted octanol–water partition coefficient (Wildman–Crippen LogP) is 4.50. The molecule has 0 bridgehead atoms. The van der Waals surface area contributed by atoms with E-state index < -0.39 is 0 Å². The summed E-state index contributed by atoms with van der Waals surface area (Å²) < 4.78 is 11.6. The van der Waals surface area contributed by atoms with Gasteiger partial charge in [-0.3, -0.25) is 4.79 Å². The number of benzene rings is 1. The van der Waals surface area contributed by atoms with E-state index in [2.05, 4.69) is 9.88 Å². The Morgan fingerprint density at radius 2 is 1.85 bits per heavy atom. The highest BCUT2D eigenvalue weighted by Crippen LogP contribution is 2.27. The summed E-state index contributed by atoms with van der Waals surface area (Å²) in [6.07, 6.45) is 2.58. The van der Waals surface area contributed by atoms with E-state index >= 15 is 0 Å². The Balaban J connectivity index is 1.65. The summed E-state index contributed by atoms with van der Waals surface area (Å²) in [5.74, 6) is 1.61. The Bertz CT molecular complexity index is 861. The largest absolute Gasteiger partial charge is 0.494 e. The van der Waals surface area contributed by atoms with E-state index in [1.807, 2.05) is 49.8 Å². The SMILES string of the molecule is CN(C)CCCOc1ccc(Oc2ncccc2C(=O)c2cccs2)cc1. The molecule has 27 heavy (non-hydrogen) atoms. The Kier molecular flexibility index (Phi) is 6.57. The summed E-state index contributed by atoms with van der Waals surface area (Å²) in [7, 11) is 4.09. The molecule has 0 saturated carbocycles. The molecule has 2 aromatic heterocycles. The van der Waals surface area contributed by atoms with Crippen molar-refractivity contribution in [2.24, 2.45) is 0 Å². The van der Waals surface area contributed by atoms with Gasteiger partial charge in [-0.2, -0.15) is 0 Å². The third kappa shape index (κ3) is 5.39. The van der Waals surface area contributed by atoms with Crippen molar-refractivity contribution in [2.45, 2.75) is 6.42 Å². The average molecular weight is 382 g/mol. The van der Waals surface area contributed by atoms with Crippen molar-refractivity contribution in [3.63, 3.8) is 0 Å². The van der Waals surface area contributed by atoms with E-state index in [1.165, 1.54) is 11.3 Å². The standard InChI is InChI=1S/C21H22N2O3S/c1-23(2)13-5-14-25-16-8-10-17(11-9-16)26-21-18(6-3-12-22-21)20(24)19-7-4-15-27-19/h3-4,6-12,15H,5,13-14H2,1-2H3. The quantitative estimate of drug-likeness (QED) is 0.403. The molecule has 0 atom stereocenters. The zero-order valence-electron chi connectivity index (χ0n) is 15.4. The first-order valence-electron chi connectivity index (χ1n) is 8.72. The third-order valence-corrected chi connectivity index (χ3v) is 4.69. The van der Waals surface area contributed by atoms with Gasteiger partial charge in [0.25, 0.3) is 0 Å². The number of thiophene rings is 1. The minimum Gasteiger partial charge on any atom is -0.494 e. The number of aromatic nitrogens is 1. The molecule has 0 aliphatic carbocycles. The van der Waals surface area contributed by atoms with Crippen LogP contribution < -0.4 is 9.47 Å². The summed E-state index contributed by atoms with van der Waals surface area (Å²) in [4.78, 5) is 19.7. The molecule has 5 nitrogen and oxygen atoms in total. The lowest BCUT2D eigenvalue weighted by molar-refractivity contribution is 0.103. The van der Waals surface area contributed by atoms with Crippen LogP contribution in [0.3, 0.4) is 0 Å². The number of nitrogens with zero attached hydrogens (tertiary/aromatic N) is 2. The van der Waals surface area contributed by atoms with Gasteiger partial charge in [0.15, 0.2) is 0 Å². The number of rotatable bonds is 9. The van der Waals surface area contributed by atoms with Gasteiger partial charge in [0.2, 0.25) is 11.7 Å². The van der Waals surface area contributed by atoms with Gasteiger partial charge in [0, 0.05) is 12.7 Å². The van der Waals surface area contributed by atoms with Crippen molar-refractivity contribution in [3.8, 4) is 17.4 Å². The summed E-state index contributed by atoms with van der Waals surface area (Å²) in [6, 6.07) is 14.5. The molecule has 3 rings (SSSR count). The van der Waals surface area contributed by atoms with Crippen molar-refractivity contribution in [1.82, 2.24) is 9.88 Å². The fraction of sp³-hybridized carbons (Fsp3) is 0.238. The van der Waals surface area contributed by atoms with Crippen LogP contribution in [-0.4, -0.2) is 42.9 Å². The van der Waals surface area contributed by atoms with E-state index in [1.54, 1.807) is 24.4 Å². The van der Waals surface area contributed by atoms with Crippen LogP contribution in [-0.2, 0) is 0 Å². The van der Waals surface area contributed by atoms with Crippen molar-refractivity contribution in [1.29, 1.82) is 0 Å². The number of pyridine rings is 1. The monoisotopic (exact) mass is 382 g/mol. The normalized spacial score (nSPS) is 10.8. The van der Waals surface area contributed by atoms with Crippen LogP contribution in [0.1, 0.15) is 21.7 Å². The second-order valence-electron chi connectivity index (χ2n) is 6.24.